The number of carbonyl (C=O) groups is 1. The molecule has 2 N–H and O–H groups in total. The highest BCUT2D eigenvalue weighted by Crippen LogP contribution is 2.25. The first kappa shape index (κ1) is 15.3. The Bertz CT molecular complexity index is 543. The topological polar surface area (TPSA) is 82.3 Å². The fourth-order valence-corrected chi connectivity index (χ4v) is 2.74. The maximum absolute atomic E-state index is 10.9. The zero-order valence-corrected chi connectivity index (χ0v) is 12.1. The van der Waals surface area contributed by atoms with E-state index in [1.54, 1.807) is 13.2 Å². The molecule has 0 bridgehead atoms. The van der Waals surface area contributed by atoms with Crippen LogP contribution in [-0.4, -0.2) is 24.2 Å². The van der Waals surface area contributed by atoms with Crippen molar-refractivity contribution < 1.29 is 14.6 Å². The smallest absolute Gasteiger partial charge is 0.306 e. The second-order valence-corrected chi connectivity index (χ2v) is 5.41. The summed E-state index contributed by atoms with van der Waals surface area (Å²) >= 11 is 0. The summed E-state index contributed by atoms with van der Waals surface area (Å²) in [6, 6.07) is 8.00. The monoisotopic (exact) mass is 288 g/mol. The third kappa shape index (κ3) is 3.96. The number of aliphatic carboxylic acids is 1. The van der Waals surface area contributed by atoms with Crippen LogP contribution in [-0.2, 0) is 11.3 Å². The van der Waals surface area contributed by atoms with Crippen LogP contribution in [0.1, 0.15) is 36.8 Å². The lowest BCUT2D eigenvalue weighted by molar-refractivity contribution is -0.142. The number of hydrogen-bond donors (Lipinski definition) is 2. The second kappa shape index (κ2) is 7.09. The van der Waals surface area contributed by atoms with Crippen molar-refractivity contribution >= 4 is 5.97 Å². The fourth-order valence-electron chi connectivity index (χ4n) is 2.74. The summed E-state index contributed by atoms with van der Waals surface area (Å²) in [4.78, 5) is 10.9. The highest BCUT2D eigenvalue weighted by atomic mass is 16.5. The molecule has 0 saturated heterocycles. The van der Waals surface area contributed by atoms with Crippen LogP contribution in [0.3, 0.4) is 0 Å². The number of benzene rings is 1. The average molecular weight is 288 g/mol. The zero-order chi connectivity index (χ0) is 15.2. The molecule has 0 aliphatic heterocycles. The first-order valence-corrected chi connectivity index (χ1v) is 7.17. The predicted octanol–water partition coefficient (Wildman–Crippen LogP) is 2.30. The molecule has 5 heteroatoms. The van der Waals surface area contributed by atoms with Crippen LogP contribution < -0.4 is 10.1 Å². The van der Waals surface area contributed by atoms with E-state index in [0.717, 1.165) is 31.2 Å². The Labute approximate surface area is 124 Å². The molecule has 0 radical (unpaired) electrons. The van der Waals surface area contributed by atoms with Crippen LogP contribution in [0.2, 0.25) is 0 Å². The second-order valence-electron chi connectivity index (χ2n) is 5.41. The van der Waals surface area contributed by atoms with Crippen molar-refractivity contribution in [3.8, 4) is 11.8 Å². The van der Waals surface area contributed by atoms with Gasteiger partial charge in [-0.1, -0.05) is 6.07 Å². The molecule has 0 atom stereocenters. The van der Waals surface area contributed by atoms with Gasteiger partial charge in [0.2, 0.25) is 0 Å². The molecule has 2 rings (SSSR count). The number of rotatable bonds is 5. The molecule has 0 heterocycles. The van der Waals surface area contributed by atoms with Crippen molar-refractivity contribution in [2.75, 3.05) is 7.11 Å². The van der Waals surface area contributed by atoms with Gasteiger partial charge in [0.05, 0.1) is 18.6 Å². The van der Waals surface area contributed by atoms with Crippen molar-refractivity contribution in [3.05, 3.63) is 29.3 Å². The largest absolute Gasteiger partial charge is 0.495 e. The average Bonchev–Trinajstić information content (AvgIpc) is 2.52. The SMILES string of the molecule is COc1cc(CNC2CCC(C(=O)O)CC2)ccc1C#N. The molecule has 1 aromatic carbocycles. The molecule has 0 unspecified atom stereocenters. The summed E-state index contributed by atoms with van der Waals surface area (Å²) in [5.41, 5.74) is 1.59. The Hall–Kier alpha value is -2.06. The van der Waals surface area contributed by atoms with E-state index in [9.17, 15) is 4.79 Å². The van der Waals surface area contributed by atoms with E-state index in [1.807, 2.05) is 12.1 Å². The summed E-state index contributed by atoms with van der Waals surface area (Å²) in [5, 5.41) is 21.4. The van der Waals surface area contributed by atoms with E-state index in [2.05, 4.69) is 11.4 Å². The van der Waals surface area contributed by atoms with Gasteiger partial charge in [-0.15, -0.1) is 0 Å². The molecule has 1 aromatic rings. The lowest BCUT2D eigenvalue weighted by Gasteiger charge is -2.27. The zero-order valence-electron chi connectivity index (χ0n) is 12.1. The molecule has 1 fully saturated rings. The number of ether oxygens (including phenoxy) is 1. The van der Waals surface area contributed by atoms with E-state index in [4.69, 9.17) is 15.1 Å². The Morgan fingerprint density at radius 2 is 2.14 bits per heavy atom. The maximum Gasteiger partial charge on any atom is 0.306 e. The molecule has 1 saturated carbocycles. The summed E-state index contributed by atoms with van der Waals surface area (Å²) in [5.74, 6) is -0.269. The molecular weight excluding hydrogens is 268 g/mol. The van der Waals surface area contributed by atoms with Crippen LogP contribution in [0.25, 0.3) is 0 Å². The minimum atomic E-state index is -0.676. The summed E-state index contributed by atoms with van der Waals surface area (Å²) < 4.78 is 5.19. The first-order chi connectivity index (χ1) is 10.1. The summed E-state index contributed by atoms with van der Waals surface area (Å²) in [7, 11) is 1.56. The number of nitrogens with zero attached hydrogens (tertiary/aromatic N) is 1. The van der Waals surface area contributed by atoms with Crippen molar-refractivity contribution in [1.82, 2.24) is 5.32 Å². The lowest BCUT2D eigenvalue weighted by Crippen LogP contribution is -2.34. The molecule has 0 aromatic heterocycles. The molecule has 5 nitrogen and oxygen atoms in total. The summed E-state index contributed by atoms with van der Waals surface area (Å²) in [6.45, 7) is 0.699. The van der Waals surface area contributed by atoms with E-state index in [0.29, 0.717) is 23.9 Å². The van der Waals surface area contributed by atoms with E-state index >= 15 is 0 Å². The van der Waals surface area contributed by atoms with E-state index in [1.165, 1.54) is 0 Å². The van der Waals surface area contributed by atoms with Gasteiger partial charge >= 0.3 is 5.97 Å². The first-order valence-electron chi connectivity index (χ1n) is 7.17. The predicted molar refractivity (Wildman–Crippen MR) is 77.9 cm³/mol. The van der Waals surface area contributed by atoms with Gasteiger partial charge in [-0.25, -0.2) is 0 Å². The minimum absolute atomic E-state index is 0.182. The third-order valence-corrected chi connectivity index (χ3v) is 4.06. The molecule has 0 spiro atoms. The Morgan fingerprint density at radius 3 is 2.71 bits per heavy atom. The van der Waals surface area contributed by atoms with Crippen LogP contribution in [0, 0.1) is 17.2 Å². The van der Waals surface area contributed by atoms with Gasteiger partial charge in [-0.2, -0.15) is 5.26 Å². The van der Waals surface area contributed by atoms with Gasteiger partial charge in [0.25, 0.3) is 0 Å². The fraction of sp³-hybridized carbons (Fsp3) is 0.500. The maximum atomic E-state index is 10.9. The van der Waals surface area contributed by atoms with Crippen LogP contribution in [0.4, 0.5) is 0 Å². The van der Waals surface area contributed by atoms with Crippen molar-refractivity contribution in [1.29, 1.82) is 5.26 Å². The number of hydrogen-bond acceptors (Lipinski definition) is 4. The van der Waals surface area contributed by atoms with Gasteiger partial charge in [0.15, 0.2) is 0 Å². The Balaban J connectivity index is 1.87. The Morgan fingerprint density at radius 1 is 1.43 bits per heavy atom. The van der Waals surface area contributed by atoms with Gasteiger partial charge in [-0.3, -0.25) is 4.79 Å². The van der Waals surface area contributed by atoms with E-state index < -0.39 is 5.97 Å². The van der Waals surface area contributed by atoms with Gasteiger partial charge in [0.1, 0.15) is 11.8 Å². The number of nitrogens with one attached hydrogen (secondary N) is 1. The number of carboxylic acids is 1. The third-order valence-electron chi connectivity index (χ3n) is 4.06. The number of nitriles is 1. The lowest BCUT2D eigenvalue weighted by atomic mass is 9.86. The van der Waals surface area contributed by atoms with Crippen LogP contribution >= 0.6 is 0 Å². The molecule has 112 valence electrons. The quantitative estimate of drug-likeness (QED) is 0.868. The minimum Gasteiger partial charge on any atom is -0.495 e. The van der Waals surface area contributed by atoms with Gasteiger partial charge < -0.3 is 15.2 Å². The van der Waals surface area contributed by atoms with Crippen molar-refractivity contribution in [2.24, 2.45) is 5.92 Å². The highest BCUT2D eigenvalue weighted by molar-refractivity contribution is 5.70. The Kier molecular flexibility index (Phi) is 5.18. The number of carboxylic acid groups (broad SMARTS) is 1. The van der Waals surface area contributed by atoms with Crippen LogP contribution in [0.5, 0.6) is 5.75 Å². The van der Waals surface area contributed by atoms with Crippen molar-refractivity contribution in [3.63, 3.8) is 0 Å². The molecule has 1 aliphatic rings. The summed E-state index contributed by atoms with van der Waals surface area (Å²) in [6.07, 6.45) is 3.27. The van der Waals surface area contributed by atoms with Gasteiger partial charge in [-0.05, 0) is 43.4 Å². The molecular formula is C16H20N2O3. The molecule has 0 amide bonds. The normalized spacial score (nSPS) is 21.5. The highest BCUT2D eigenvalue weighted by Gasteiger charge is 2.25. The number of methoxy groups -OCH3 is 1. The molecule has 21 heavy (non-hydrogen) atoms. The van der Waals surface area contributed by atoms with E-state index in [-0.39, 0.29) is 5.92 Å². The van der Waals surface area contributed by atoms with Gasteiger partial charge in [0, 0.05) is 12.6 Å². The van der Waals surface area contributed by atoms with Crippen LogP contribution in [0.15, 0.2) is 18.2 Å². The van der Waals surface area contributed by atoms with Crippen molar-refractivity contribution in [2.45, 2.75) is 38.3 Å². The molecule has 1 aliphatic carbocycles. The standard InChI is InChI=1S/C16H20N2O3/c1-21-15-8-11(2-3-13(15)9-17)10-18-14-6-4-12(5-7-14)16(19)20/h2-3,8,12,14,18H,4-7,10H2,1H3,(H,19,20).